The lowest BCUT2D eigenvalue weighted by molar-refractivity contribution is -0.164. The van der Waals surface area contributed by atoms with Crippen LogP contribution in [0.5, 0.6) is 0 Å². The first kappa shape index (κ1) is 27.1. The topological polar surface area (TPSA) is 55.8 Å². The Morgan fingerprint density at radius 1 is 1.08 bits per heavy atom. The number of Topliss-reactive ketones (excluding diaryl/α,β-unsaturated/α-hetero) is 1. The minimum Gasteiger partial charge on any atom is -0.348 e. The molecule has 2 fully saturated rings. The standard InChI is InChI=1S/C29H35Cl2NO4/c1-6-25(18(2)33)32-26(19-10-12-21(30)13-11-19)24(20-8-7-9-22(31)14-20)16-29(5,27(32)34)15-23-17-35-28(3,4)36-23/h7-14,23-26H,6,15-17H2,1-5H3/t23?,24-,25+,26-,29+/m1/s1. The summed E-state index contributed by atoms with van der Waals surface area (Å²) in [6.07, 6.45) is 1.41. The smallest absolute Gasteiger partial charge is 0.229 e. The van der Waals surface area contributed by atoms with Gasteiger partial charge in [0.2, 0.25) is 5.91 Å². The van der Waals surface area contributed by atoms with Gasteiger partial charge in [0.25, 0.3) is 0 Å². The van der Waals surface area contributed by atoms with Crippen LogP contribution in [0.2, 0.25) is 10.0 Å². The molecule has 7 heteroatoms. The van der Waals surface area contributed by atoms with E-state index in [1.165, 1.54) is 0 Å². The second-order valence-corrected chi connectivity index (χ2v) is 11.7. The van der Waals surface area contributed by atoms with E-state index in [0.717, 1.165) is 11.1 Å². The Labute approximate surface area is 224 Å². The highest BCUT2D eigenvalue weighted by Gasteiger charge is 2.53. The van der Waals surface area contributed by atoms with Crippen molar-refractivity contribution in [2.75, 3.05) is 6.61 Å². The predicted octanol–water partition coefficient (Wildman–Crippen LogP) is 6.97. The van der Waals surface area contributed by atoms with Crippen molar-refractivity contribution in [1.82, 2.24) is 4.90 Å². The Balaban J connectivity index is 1.85. The predicted molar refractivity (Wildman–Crippen MR) is 142 cm³/mol. The maximum atomic E-state index is 14.4. The molecule has 2 heterocycles. The van der Waals surface area contributed by atoms with Gasteiger partial charge in [0, 0.05) is 21.4 Å². The Morgan fingerprint density at radius 3 is 2.33 bits per heavy atom. The molecule has 0 spiro atoms. The number of piperidine rings is 1. The number of likely N-dealkylation sites (tertiary alicyclic amines) is 1. The molecule has 2 aliphatic rings. The highest BCUT2D eigenvalue weighted by Crippen LogP contribution is 2.53. The molecule has 5 nitrogen and oxygen atoms in total. The Hall–Kier alpha value is -1.92. The number of ether oxygens (including phenoxy) is 2. The highest BCUT2D eigenvalue weighted by molar-refractivity contribution is 6.30. The fraction of sp³-hybridized carbons (Fsp3) is 0.517. The summed E-state index contributed by atoms with van der Waals surface area (Å²) < 4.78 is 11.9. The SMILES string of the molecule is CC[C@@H](C(C)=O)N1C(=O)[C@@](C)(CC2COC(C)(C)O2)C[C@H](c2cccc(Cl)c2)[C@H]1c1ccc(Cl)cc1. The van der Waals surface area contributed by atoms with E-state index >= 15 is 0 Å². The first-order valence-corrected chi connectivity index (χ1v) is 13.4. The summed E-state index contributed by atoms with van der Waals surface area (Å²) in [7, 11) is 0. The van der Waals surface area contributed by atoms with Gasteiger partial charge < -0.3 is 14.4 Å². The lowest BCUT2D eigenvalue weighted by atomic mass is 9.66. The second-order valence-electron chi connectivity index (χ2n) is 10.8. The number of halogens is 2. The van der Waals surface area contributed by atoms with E-state index in [0.29, 0.717) is 35.9 Å². The highest BCUT2D eigenvalue weighted by atomic mass is 35.5. The Bertz CT molecular complexity index is 1120. The van der Waals surface area contributed by atoms with E-state index < -0.39 is 17.2 Å². The van der Waals surface area contributed by atoms with Gasteiger partial charge in [-0.25, -0.2) is 0 Å². The quantitative estimate of drug-likeness (QED) is 0.387. The third-order valence-corrected chi connectivity index (χ3v) is 8.01. The molecule has 4 rings (SSSR count). The molecule has 0 aliphatic carbocycles. The monoisotopic (exact) mass is 531 g/mol. The fourth-order valence-corrected chi connectivity index (χ4v) is 6.28. The van der Waals surface area contributed by atoms with Crippen molar-refractivity contribution >= 4 is 34.9 Å². The van der Waals surface area contributed by atoms with Gasteiger partial charge in [0.05, 0.1) is 24.8 Å². The van der Waals surface area contributed by atoms with Crippen LogP contribution in [-0.2, 0) is 19.1 Å². The fourth-order valence-electron chi connectivity index (χ4n) is 5.96. The van der Waals surface area contributed by atoms with Crippen LogP contribution in [0, 0.1) is 5.41 Å². The number of carbonyl (C=O) groups excluding carboxylic acids is 2. The van der Waals surface area contributed by atoms with E-state index in [1.807, 2.05) is 75.1 Å². The van der Waals surface area contributed by atoms with E-state index in [9.17, 15) is 9.59 Å². The van der Waals surface area contributed by atoms with Gasteiger partial charge in [-0.3, -0.25) is 9.59 Å². The maximum Gasteiger partial charge on any atom is 0.229 e. The molecule has 2 aromatic carbocycles. The summed E-state index contributed by atoms with van der Waals surface area (Å²) in [5, 5.41) is 1.26. The lowest BCUT2D eigenvalue weighted by Gasteiger charge is -2.52. The molecule has 0 bridgehead atoms. The van der Waals surface area contributed by atoms with Crippen LogP contribution in [0.15, 0.2) is 48.5 Å². The summed E-state index contributed by atoms with van der Waals surface area (Å²) in [5.74, 6) is -0.824. The molecule has 0 N–H and O–H groups in total. The number of hydrogen-bond donors (Lipinski definition) is 0. The van der Waals surface area contributed by atoms with Crippen LogP contribution < -0.4 is 0 Å². The lowest BCUT2D eigenvalue weighted by Crippen LogP contribution is -2.57. The largest absolute Gasteiger partial charge is 0.348 e. The van der Waals surface area contributed by atoms with E-state index in [2.05, 4.69) is 6.07 Å². The number of nitrogens with zero attached hydrogens (tertiary/aromatic N) is 1. The zero-order valence-corrected chi connectivity index (χ0v) is 23.1. The molecule has 1 amide bonds. The van der Waals surface area contributed by atoms with E-state index in [1.54, 1.807) is 6.92 Å². The minimum absolute atomic E-state index is 0.0273. The molecule has 0 saturated carbocycles. The first-order chi connectivity index (χ1) is 16.9. The Kier molecular flexibility index (Phi) is 7.87. The van der Waals surface area contributed by atoms with Crippen molar-refractivity contribution in [2.45, 2.75) is 83.8 Å². The van der Waals surface area contributed by atoms with Crippen molar-refractivity contribution in [1.29, 1.82) is 0 Å². The molecule has 36 heavy (non-hydrogen) atoms. The molecule has 2 aliphatic heterocycles. The summed E-state index contributed by atoms with van der Waals surface area (Å²) in [6.45, 7) is 9.73. The van der Waals surface area contributed by atoms with Crippen molar-refractivity contribution in [3.63, 3.8) is 0 Å². The minimum atomic E-state index is -0.757. The average Bonchev–Trinajstić information content (AvgIpc) is 3.15. The molecule has 2 saturated heterocycles. The van der Waals surface area contributed by atoms with Crippen molar-refractivity contribution in [2.24, 2.45) is 5.41 Å². The van der Waals surface area contributed by atoms with E-state index in [4.69, 9.17) is 32.7 Å². The number of amides is 1. The van der Waals surface area contributed by atoms with Gasteiger partial charge in [-0.15, -0.1) is 0 Å². The van der Waals surface area contributed by atoms with Crippen LogP contribution in [0.25, 0.3) is 0 Å². The summed E-state index contributed by atoms with van der Waals surface area (Å²) in [4.78, 5) is 29.2. The first-order valence-electron chi connectivity index (χ1n) is 12.6. The average molecular weight is 533 g/mol. The summed E-state index contributed by atoms with van der Waals surface area (Å²) >= 11 is 12.7. The van der Waals surface area contributed by atoms with Gasteiger partial charge >= 0.3 is 0 Å². The molecule has 0 aromatic heterocycles. The van der Waals surface area contributed by atoms with Gasteiger partial charge in [-0.1, -0.05) is 61.3 Å². The molecule has 194 valence electrons. The van der Waals surface area contributed by atoms with Gasteiger partial charge in [0.1, 0.15) is 0 Å². The molecular formula is C29H35Cl2NO4. The zero-order valence-electron chi connectivity index (χ0n) is 21.6. The Morgan fingerprint density at radius 2 is 1.78 bits per heavy atom. The van der Waals surface area contributed by atoms with Crippen LogP contribution in [0.1, 0.15) is 77.0 Å². The maximum absolute atomic E-state index is 14.4. The second kappa shape index (κ2) is 10.4. The normalized spacial score (nSPS) is 28.8. The summed E-state index contributed by atoms with van der Waals surface area (Å²) in [5.41, 5.74) is 1.22. The third kappa shape index (κ3) is 5.50. The number of hydrogen-bond acceptors (Lipinski definition) is 4. The third-order valence-electron chi connectivity index (χ3n) is 7.53. The molecule has 1 unspecified atom stereocenters. The van der Waals surface area contributed by atoms with Crippen molar-refractivity contribution < 1.29 is 19.1 Å². The number of rotatable bonds is 7. The van der Waals surface area contributed by atoms with Crippen LogP contribution >= 0.6 is 23.2 Å². The number of benzene rings is 2. The van der Waals surface area contributed by atoms with E-state index in [-0.39, 0.29) is 29.8 Å². The molecule has 0 radical (unpaired) electrons. The van der Waals surface area contributed by atoms with Crippen molar-refractivity contribution in [3.8, 4) is 0 Å². The van der Waals surface area contributed by atoms with Crippen LogP contribution in [0.3, 0.4) is 0 Å². The molecule has 2 aromatic rings. The van der Waals surface area contributed by atoms with Crippen LogP contribution in [-0.4, -0.2) is 41.1 Å². The number of carbonyl (C=O) groups is 2. The number of ketones is 1. The van der Waals surface area contributed by atoms with Gasteiger partial charge in [-0.2, -0.15) is 0 Å². The molecular weight excluding hydrogens is 497 g/mol. The zero-order chi connectivity index (χ0) is 26.3. The van der Waals surface area contributed by atoms with Gasteiger partial charge in [0.15, 0.2) is 11.6 Å². The summed E-state index contributed by atoms with van der Waals surface area (Å²) in [6, 6.07) is 14.5. The van der Waals surface area contributed by atoms with Crippen molar-refractivity contribution in [3.05, 3.63) is 69.7 Å². The molecule has 5 atom stereocenters. The van der Waals surface area contributed by atoms with Crippen LogP contribution in [0.4, 0.5) is 0 Å². The van der Waals surface area contributed by atoms with Gasteiger partial charge in [-0.05, 0) is 75.4 Å².